The fourth-order valence-electron chi connectivity index (χ4n) is 0. The van der Waals surface area contributed by atoms with Crippen molar-refractivity contribution in [3.63, 3.8) is 0 Å². The molecular formula is H2AlCuLiNiO. The van der Waals surface area contributed by atoms with Crippen LogP contribution in [0.5, 0.6) is 0 Å². The molecule has 0 N–H and O–H groups in total. The van der Waals surface area contributed by atoms with Gasteiger partial charge in [-0.1, -0.05) is 0 Å². The second-order valence-corrected chi connectivity index (χ2v) is 0. The summed E-state index contributed by atoms with van der Waals surface area (Å²) >= 11 is 0.611. The van der Waals surface area contributed by atoms with Crippen LogP contribution in [0.15, 0.2) is 0 Å². The summed E-state index contributed by atoms with van der Waals surface area (Å²) in [5, 5.41) is 0. The Morgan fingerprint density at radius 1 is 1.40 bits per heavy atom. The van der Waals surface area contributed by atoms with Gasteiger partial charge >= 0.3 is 38.9 Å². The molecule has 1 nitrogen and oxygen atoms in total. The predicted molar refractivity (Wildman–Crippen MR) is 8.95 cm³/mol. The van der Waals surface area contributed by atoms with Gasteiger partial charge in [0.15, 0.2) is 0 Å². The fourth-order valence-corrected chi connectivity index (χ4v) is 0. The summed E-state index contributed by atoms with van der Waals surface area (Å²) in [6.07, 6.45) is 0. The molecule has 1 radical (unpaired) electrons. The Labute approximate surface area is 73.3 Å². The minimum absolute atomic E-state index is 0. The Kier molecular flexibility index (Phi) is 218. The van der Waals surface area contributed by atoms with E-state index in [4.69, 9.17) is 3.80 Å². The molecule has 0 unspecified atom stereocenters. The molecule has 0 aliphatic rings. The Bertz CT molecular complexity index is 15.5. The SMILES string of the molecule is [Cu].[H-].[Li+].[Ni].[O]=[AlH]. The van der Waals surface area contributed by atoms with Gasteiger partial charge in [0.2, 0.25) is 0 Å². The zero-order valence-corrected chi connectivity index (χ0v) is 6.08. The zero-order valence-electron chi connectivity index (χ0n) is 3.73. The van der Waals surface area contributed by atoms with Gasteiger partial charge in [-0.25, -0.2) is 0 Å². The molecule has 0 aliphatic heterocycles. The number of rotatable bonds is 0. The van der Waals surface area contributed by atoms with E-state index in [2.05, 4.69) is 0 Å². The summed E-state index contributed by atoms with van der Waals surface area (Å²) in [6, 6.07) is 0. The fraction of sp³-hybridized carbons (Fsp3) is 0. The van der Waals surface area contributed by atoms with Gasteiger partial charge in [0, 0.05) is 33.6 Å². The maximum atomic E-state index is 8.28. The van der Waals surface area contributed by atoms with Gasteiger partial charge in [-0.2, -0.15) is 0 Å². The molecule has 0 aromatic rings. The standard InChI is InChI=1S/Al.Cu.Li.Ni.O.2H/q;;+1;;;;-1. The van der Waals surface area contributed by atoms with Gasteiger partial charge in [-0.15, -0.1) is 0 Å². The van der Waals surface area contributed by atoms with Crippen LogP contribution in [0.3, 0.4) is 0 Å². The van der Waals surface area contributed by atoms with E-state index in [9.17, 15) is 0 Å². The minimum atomic E-state index is 0. The maximum absolute atomic E-state index is 8.28. The Morgan fingerprint density at radius 3 is 1.40 bits per heavy atom. The van der Waals surface area contributed by atoms with E-state index in [1.54, 1.807) is 0 Å². The molecule has 0 bridgehead atoms. The van der Waals surface area contributed by atoms with E-state index in [1.807, 2.05) is 0 Å². The summed E-state index contributed by atoms with van der Waals surface area (Å²) in [5.74, 6) is 0. The third-order valence-corrected chi connectivity index (χ3v) is 0. The van der Waals surface area contributed by atoms with E-state index in [1.165, 1.54) is 0 Å². The quantitative estimate of drug-likeness (QED) is 0.346. The second kappa shape index (κ2) is 38.5. The van der Waals surface area contributed by atoms with Crippen LogP contribution in [0.1, 0.15) is 1.43 Å². The predicted octanol–water partition coefficient (Wildman–Crippen LogP) is -3.66. The Morgan fingerprint density at radius 2 is 1.40 bits per heavy atom. The molecule has 5 heavy (non-hydrogen) atoms. The molecule has 0 amide bonds. The third-order valence-electron chi connectivity index (χ3n) is 0. The first-order chi connectivity index (χ1) is 1.00. The molecule has 0 saturated heterocycles. The van der Waals surface area contributed by atoms with Crippen LogP contribution in [0, 0.1) is 0 Å². The van der Waals surface area contributed by atoms with Crippen molar-refractivity contribution in [2.24, 2.45) is 0 Å². The molecule has 0 rings (SSSR count). The van der Waals surface area contributed by atoms with Crippen LogP contribution in [0.2, 0.25) is 0 Å². The summed E-state index contributed by atoms with van der Waals surface area (Å²) in [5.41, 5.74) is 0. The number of hydrogen-bond donors (Lipinski definition) is 0. The van der Waals surface area contributed by atoms with Gasteiger partial charge in [0.1, 0.15) is 0 Å². The Balaban J connectivity index is -0.000000000833. The van der Waals surface area contributed by atoms with Crippen LogP contribution >= 0.6 is 0 Å². The monoisotopic (exact) mass is 173 g/mol. The average Bonchev–Trinajstić information content (AvgIpc) is 1.00. The van der Waals surface area contributed by atoms with Gasteiger partial charge in [0.05, 0.1) is 0 Å². The molecule has 0 aromatic carbocycles. The van der Waals surface area contributed by atoms with Crippen molar-refractivity contribution in [3.05, 3.63) is 0 Å². The van der Waals surface area contributed by atoms with Crippen LogP contribution in [0.4, 0.5) is 0 Å². The van der Waals surface area contributed by atoms with E-state index >= 15 is 0 Å². The molecule has 5 heteroatoms. The summed E-state index contributed by atoms with van der Waals surface area (Å²) < 4.78 is 8.28. The van der Waals surface area contributed by atoms with Gasteiger partial charge in [0.25, 0.3) is 0 Å². The van der Waals surface area contributed by atoms with E-state index in [0.717, 1.165) is 0 Å². The van der Waals surface area contributed by atoms with Crippen LogP contribution in [-0.4, -0.2) is 16.2 Å². The van der Waals surface area contributed by atoms with Gasteiger partial charge < -0.3 is 1.43 Å². The normalized spacial score (nSPS) is 0.600. The third kappa shape index (κ3) is 24.5. The second-order valence-electron chi connectivity index (χ2n) is 0. The molecule has 0 saturated carbocycles. The van der Waals surface area contributed by atoms with Crippen LogP contribution < -0.4 is 18.9 Å². The summed E-state index contributed by atoms with van der Waals surface area (Å²) in [4.78, 5) is 0. The van der Waals surface area contributed by atoms with Crippen molar-refractivity contribution in [1.29, 1.82) is 0 Å². The average molecular weight is 174 g/mol. The van der Waals surface area contributed by atoms with E-state index in [-0.39, 0.29) is 53.8 Å². The first-order valence-corrected chi connectivity index (χ1v) is 0.866. The first-order valence-electron chi connectivity index (χ1n) is 0.289. The summed E-state index contributed by atoms with van der Waals surface area (Å²) in [6.45, 7) is 0. The first kappa shape index (κ1) is 28.3. The molecule has 0 fully saturated rings. The van der Waals surface area contributed by atoms with Crippen molar-refractivity contribution in [2.45, 2.75) is 0 Å². The topological polar surface area (TPSA) is 17.1 Å². The number of hydrogen-bond acceptors (Lipinski definition) is 1. The molecule has 0 aromatic heterocycles. The van der Waals surface area contributed by atoms with E-state index < -0.39 is 0 Å². The van der Waals surface area contributed by atoms with Crippen LogP contribution in [0.25, 0.3) is 0 Å². The van der Waals surface area contributed by atoms with Gasteiger partial charge in [-0.3, -0.25) is 0 Å². The van der Waals surface area contributed by atoms with Crippen molar-refractivity contribution in [3.8, 4) is 0 Å². The van der Waals surface area contributed by atoms with E-state index in [0.29, 0.717) is 16.2 Å². The molecule has 0 spiro atoms. The van der Waals surface area contributed by atoms with Crippen molar-refractivity contribution in [2.75, 3.05) is 0 Å². The zero-order chi connectivity index (χ0) is 2.00. The molecular weight excluding hydrogens is 172 g/mol. The van der Waals surface area contributed by atoms with Crippen molar-refractivity contribution < 1.29 is 57.7 Å². The molecule has 0 atom stereocenters. The van der Waals surface area contributed by atoms with Gasteiger partial charge in [-0.05, 0) is 0 Å². The molecule has 0 aliphatic carbocycles. The van der Waals surface area contributed by atoms with Crippen molar-refractivity contribution in [1.82, 2.24) is 0 Å². The molecule has 0 heterocycles. The summed E-state index contributed by atoms with van der Waals surface area (Å²) in [7, 11) is 0. The van der Waals surface area contributed by atoms with Crippen LogP contribution in [-0.2, 0) is 37.4 Å². The Hall–Kier alpha value is 1.94. The van der Waals surface area contributed by atoms with Crippen molar-refractivity contribution >= 4 is 16.2 Å². The molecule has 33 valence electrons.